The summed E-state index contributed by atoms with van der Waals surface area (Å²) in [5, 5.41) is 0.392. The molecule has 0 rings (SSSR count). The van der Waals surface area contributed by atoms with Gasteiger partial charge in [0, 0.05) is 0 Å². The zero-order valence-electron chi connectivity index (χ0n) is 5.36. The van der Waals surface area contributed by atoms with Crippen LogP contribution in [0.5, 0.6) is 0 Å². The molecule has 0 N–H and O–H groups in total. The Labute approximate surface area is 63.6 Å². The lowest BCUT2D eigenvalue weighted by Crippen LogP contribution is -1.98. The first-order valence-corrected chi connectivity index (χ1v) is 3.73. The normalized spacial score (nSPS) is 11.1. The Balaban J connectivity index is 4.01. The molecule has 0 aliphatic rings. The summed E-state index contributed by atoms with van der Waals surface area (Å²) < 4.78 is 0. The molecule has 0 saturated carbocycles. The topological polar surface area (TPSA) is 17.1 Å². The van der Waals surface area contributed by atoms with Crippen LogP contribution in [0.25, 0.3) is 0 Å². The number of allylic oxidation sites excluding steroid dienone is 3. The van der Waals surface area contributed by atoms with E-state index in [9.17, 15) is 4.79 Å². The number of hydrogen-bond acceptors (Lipinski definition) is 1. The number of halogens is 1. The van der Waals surface area contributed by atoms with E-state index in [0.29, 0.717) is 5.33 Å². The van der Waals surface area contributed by atoms with E-state index >= 15 is 0 Å². The van der Waals surface area contributed by atoms with Crippen molar-refractivity contribution in [2.75, 3.05) is 5.33 Å². The molecule has 0 unspecified atom stereocenters. The predicted molar refractivity (Wildman–Crippen MR) is 42.8 cm³/mol. The lowest BCUT2D eigenvalue weighted by Gasteiger charge is -1.90. The van der Waals surface area contributed by atoms with Gasteiger partial charge in [-0.1, -0.05) is 34.7 Å². The van der Waals surface area contributed by atoms with Gasteiger partial charge in [0.2, 0.25) is 0 Å². The number of Topliss-reactive ketones (excluding diaryl/α,β-unsaturated/α-hetero) is 1. The first-order chi connectivity index (χ1) is 4.22. The van der Waals surface area contributed by atoms with Gasteiger partial charge in [0.1, 0.15) is 0 Å². The van der Waals surface area contributed by atoms with Crippen molar-refractivity contribution in [3.8, 4) is 0 Å². The molecule has 1 nitrogen and oxygen atoms in total. The fourth-order valence-electron chi connectivity index (χ4n) is 0.375. The van der Waals surface area contributed by atoms with Gasteiger partial charge >= 0.3 is 0 Å². The van der Waals surface area contributed by atoms with Gasteiger partial charge in [-0.15, -0.1) is 0 Å². The van der Waals surface area contributed by atoms with Crippen LogP contribution in [0, 0.1) is 0 Å². The SMILES string of the molecule is C=C/C=C(\C)C(=O)CBr. The lowest BCUT2D eigenvalue weighted by atomic mass is 10.2. The fraction of sp³-hybridized carbons (Fsp3) is 0.286. The van der Waals surface area contributed by atoms with E-state index in [4.69, 9.17) is 0 Å². The number of alkyl halides is 1. The zero-order valence-corrected chi connectivity index (χ0v) is 6.94. The van der Waals surface area contributed by atoms with E-state index in [1.165, 1.54) is 0 Å². The number of carbonyl (C=O) groups is 1. The Hall–Kier alpha value is -0.370. The Bertz CT molecular complexity index is 147. The highest BCUT2D eigenvalue weighted by molar-refractivity contribution is 9.09. The second kappa shape index (κ2) is 4.50. The minimum Gasteiger partial charge on any atom is -0.294 e. The van der Waals surface area contributed by atoms with Crippen LogP contribution < -0.4 is 0 Å². The second-order valence-electron chi connectivity index (χ2n) is 1.64. The molecule has 50 valence electrons. The third-order valence-corrected chi connectivity index (χ3v) is 1.44. The average Bonchev–Trinajstić information content (AvgIpc) is 1.87. The van der Waals surface area contributed by atoms with Crippen LogP contribution in [0.3, 0.4) is 0 Å². The highest BCUT2D eigenvalue weighted by atomic mass is 79.9. The number of carbonyl (C=O) groups excluding carboxylic acids is 1. The van der Waals surface area contributed by atoms with E-state index in [1.54, 1.807) is 19.1 Å². The molecule has 0 aliphatic carbocycles. The molecule has 2 heteroatoms. The maximum atomic E-state index is 10.7. The van der Waals surface area contributed by atoms with Crippen molar-refractivity contribution < 1.29 is 4.79 Å². The highest BCUT2D eigenvalue weighted by Crippen LogP contribution is 1.97. The Morgan fingerprint density at radius 1 is 1.78 bits per heavy atom. The summed E-state index contributed by atoms with van der Waals surface area (Å²) in [4.78, 5) is 10.7. The molecule has 0 aromatic heterocycles. The standard InChI is InChI=1S/C7H9BrO/c1-3-4-6(2)7(9)5-8/h3-4H,1,5H2,2H3/b6-4+. The fourth-order valence-corrected chi connectivity index (χ4v) is 0.817. The maximum Gasteiger partial charge on any atom is 0.169 e. The quantitative estimate of drug-likeness (QED) is 0.377. The van der Waals surface area contributed by atoms with E-state index in [1.807, 2.05) is 0 Å². The maximum absolute atomic E-state index is 10.7. The second-order valence-corrected chi connectivity index (χ2v) is 2.20. The monoisotopic (exact) mass is 188 g/mol. The molecular weight excluding hydrogens is 180 g/mol. The minimum absolute atomic E-state index is 0.106. The molecule has 0 amide bonds. The molecule has 0 aromatic carbocycles. The van der Waals surface area contributed by atoms with Crippen LogP contribution in [-0.4, -0.2) is 11.1 Å². The van der Waals surface area contributed by atoms with E-state index < -0.39 is 0 Å². The van der Waals surface area contributed by atoms with Gasteiger partial charge in [0.15, 0.2) is 5.78 Å². The van der Waals surface area contributed by atoms with Gasteiger partial charge in [-0.2, -0.15) is 0 Å². The summed E-state index contributed by atoms with van der Waals surface area (Å²) in [5.74, 6) is 0.106. The van der Waals surface area contributed by atoms with Gasteiger partial charge in [0.25, 0.3) is 0 Å². The largest absolute Gasteiger partial charge is 0.294 e. The van der Waals surface area contributed by atoms with Crippen molar-refractivity contribution in [3.63, 3.8) is 0 Å². The van der Waals surface area contributed by atoms with Crippen molar-refractivity contribution in [3.05, 3.63) is 24.3 Å². The molecule has 0 bridgehead atoms. The van der Waals surface area contributed by atoms with Crippen molar-refractivity contribution in [2.24, 2.45) is 0 Å². The van der Waals surface area contributed by atoms with Crippen LogP contribution in [0.1, 0.15) is 6.92 Å². The molecule has 0 saturated heterocycles. The molecular formula is C7H9BrO. The summed E-state index contributed by atoms with van der Waals surface area (Å²) in [6.07, 6.45) is 3.31. The van der Waals surface area contributed by atoms with Gasteiger partial charge in [-0.25, -0.2) is 0 Å². The van der Waals surface area contributed by atoms with Gasteiger partial charge < -0.3 is 0 Å². The molecule has 0 aliphatic heterocycles. The van der Waals surface area contributed by atoms with Crippen LogP contribution in [-0.2, 0) is 4.79 Å². The van der Waals surface area contributed by atoms with Crippen molar-refractivity contribution in [1.29, 1.82) is 0 Å². The first kappa shape index (κ1) is 8.63. The van der Waals surface area contributed by atoms with Gasteiger partial charge in [-0.05, 0) is 12.5 Å². The van der Waals surface area contributed by atoms with E-state index in [2.05, 4.69) is 22.5 Å². The van der Waals surface area contributed by atoms with Crippen molar-refractivity contribution in [2.45, 2.75) is 6.92 Å². The lowest BCUT2D eigenvalue weighted by molar-refractivity contribution is -0.113. The summed E-state index contributed by atoms with van der Waals surface area (Å²) in [6.45, 7) is 5.24. The molecule has 0 fully saturated rings. The van der Waals surface area contributed by atoms with E-state index in [0.717, 1.165) is 5.57 Å². The van der Waals surface area contributed by atoms with Crippen LogP contribution >= 0.6 is 15.9 Å². The average molecular weight is 189 g/mol. The molecule has 9 heavy (non-hydrogen) atoms. The Kier molecular flexibility index (Phi) is 4.32. The number of ketones is 1. The number of hydrogen-bond donors (Lipinski definition) is 0. The number of rotatable bonds is 3. The summed E-state index contributed by atoms with van der Waals surface area (Å²) in [6, 6.07) is 0. The Morgan fingerprint density at radius 2 is 2.33 bits per heavy atom. The molecule has 0 radical (unpaired) electrons. The smallest absolute Gasteiger partial charge is 0.169 e. The highest BCUT2D eigenvalue weighted by Gasteiger charge is 1.97. The first-order valence-electron chi connectivity index (χ1n) is 2.61. The van der Waals surface area contributed by atoms with Gasteiger partial charge in [0.05, 0.1) is 5.33 Å². The van der Waals surface area contributed by atoms with Crippen LogP contribution in [0.2, 0.25) is 0 Å². The van der Waals surface area contributed by atoms with Gasteiger partial charge in [-0.3, -0.25) is 4.79 Å². The molecule has 0 spiro atoms. The predicted octanol–water partition coefficient (Wildman–Crippen LogP) is 2.08. The summed E-state index contributed by atoms with van der Waals surface area (Å²) in [5.41, 5.74) is 0.738. The third-order valence-electron chi connectivity index (χ3n) is 0.929. The molecule has 0 heterocycles. The molecule has 0 aromatic rings. The molecule has 0 atom stereocenters. The van der Waals surface area contributed by atoms with Crippen molar-refractivity contribution >= 4 is 21.7 Å². The van der Waals surface area contributed by atoms with E-state index in [-0.39, 0.29) is 5.78 Å². The van der Waals surface area contributed by atoms with Crippen molar-refractivity contribution in [1.82, 2.24) is 0 Å². The van der Waals surface area contributed by atoms with Crippen LogP contribution in [0.15, 0.2) is 24.3 Å². The summed E-state index contributed by atoms with van der Waals surface area (Å²) in [7, 11) is 0. The van der Waals surface area contributed by atoms with Crippen LogP contribution in [0.4, 0.5) is 0 Å². The zero-order chi connectivity index (χ0) is 7.28. The third kappa shape index (κ3) is 3.25. The summed E-state index contributed by atoms with van der Waals surface area (Å²) >= 11 is 3.06. The minimum atomic E-state index is 0.106. The Morgan fingerprint density at radius 3 is 2.67 bits per heavy atom.